The first-order chi connectivity index (χ1) is 7.08. The summed E-state index contributed by atoms with van der Waals surface area (Å²) in [5.74, 6) is 0.0421. The minimum absolute atomic E-state index is 0.0421. The Morgan fingerprint density at radius 2 is 2.27 bits per heavy atom. The maximum Gasteiger partial charge on any atom is 0.171 e. The molecule has 2 nitrogen and oxygen atoms in total. The number of carbonyl (C=O) groups is 1. The SMILES string of the molecule is CC(=O)c1cnc(-c2cc(Br)c(Cl)s2)s1. The van der Waals surface area contributed by atoms with Gasteiger partial charge in [-0.2, -0.15) is 0 Å². The Morgan fingerprint density at radius 3 is 2.73 bits per heavy atom. The Morgan fingerprint density at radius 1 is 1.53 bits per heavy atom. The van der Waals surface area contributed by atoms with Crippen LogP contribution < -0.4 is 0 Å². The number of thiazole rings is 1. The van der Waals surface area contributed by atoms with Crippen molar-refractivity contribution < 1.29 is 4.79 Å². The molecule has 0 amide bonds. The minimum atomic E-state index is 0.0421. The average molecular weight is 323 g/mol. The highest BCUT2D eigenvalue weighted by molar-refractivity contribution is 9.10. The standard InChI is InChI=1S/C9H5BrClNOS2/c1-4(13)7-3-12-9(15-7)6-2-5(10)8(11)14-6/h2-3H,1H3. The summed E-state index contributed by atoms with van der Waals surface area (Å²) in [6, 6.07) is 1.91. The molecule has 0 atom stereocenters. The Balaban J connectivity index is 2.41. The summed E-state index contributed by atoms with van der Waals surface area (Å²) in [5.41, 5.74) is 0. The fourth-order valence-electron chi connectivity index (χ4n) is 1.00. The predicted molar refractivity (Wildman–Crippen MR) is 68.1 cm³/mol. The van der Waals surface area contributed by atoms with Gasteiger partial charge in [0.2, 0.25) is 0 Å². The van der Waals surface area contributed by atoms with Crippen molar-refractivity contribution in [3.8, 4) is 9.88 Å². The second-order valence-corrected chi connectivity index (χ2v) is 6.36. The third-order valence-corrected chi connectivity index (χ3v) is 5.45. The minimum Gasteiger partial charge on any atom is -0.294 e. The molecule has 2 aromatic heterocycles. The van der Waals surface area contributed by atoms with Crippen LogP contribution in [0, 0.1) is 0 Å². The number of aromatic nitrogens is 1. The summed E-state index contributed by atoms with van der Waals surface area (Å²) in [6.45, 7) is 1.54. The van der Waals surface area contributed by atoms with Crippen LogP contribution in [0.4, 0.5) is 0 Å². The van der Waals surface area contributed by atoms with Gasteiger partial charge in [-0.1, -0.05) is 11.6 Å². The molecule has 0 aliphatic rings. The summed E-state index contributed by atoms with van der Waals surface area (Å²) < 4.78 is 1.56. The molecule has 2 aromatic rings. The number of nitrogens with zero attached hydrogens (tertiary/aromatic N) is 1. The zero-order valence-corrected chi connectivity index (χ0v) is 11.6. The number of ketones is 1. The van der Waals surface area contributed by atoms with Crippen LogP contribution in [0.1, 0.15) is 16.6 Å². The maximum absolute atomic E-state index is 11.1. The molecule has 0 saturated carbocycles. The molecule has 0 aliphatic heterocycles. The molecular formula is C9H5BrClNOS2. The molecule has 0 unspecified atom stereocenters. The Labute approximate surface area is 108 Å². The van der Waals surface area contributed by atoms with Crippen molar-refractivity contribution in [1.29, 1.82) is 0 Å². The highest BCUT2D eigenvalue weighted by atomic mass is 79.9. The second-order valence-electron chi connectivity index (χ2n) is 2.82. The number of thiophene rings is 1. The first kappa shape index (κ1) is 11.3. The molecule has 0 saturated heterocycles. The molecule has 0 N–H and O–H groups in total. The molecule has 2 heterocycles. The highest BCUT2D eigenvalue weighted by Gasteiger charge is 2.12. The van der Waals surface area contributed by atoms with Crippen LogP contribution in [0.25, 0.3) is 9.88 Å². The molecule has 6 heteroatoms. The second kappa shape index (κ2) is 4.33. The van der Waals surface area contributed by atoms with Crippen molar-refractivity contribution in [1.82, 2.24) is 4.98 Å². The number of carbonyl (C=O) groups excluding carboxylic acids is 1. The molecule has 0 bridgehead atoms. The number of rotatable bonds is 2. The van der Waals surface area contributed by atoms with Crippen molar-refractivity contribution in [2.45, 2.75) is 6.92 Å². The van der Waals surface area contributed by atoms with Crippen molar-refractivity contribution >= 4 is 56.0 Å². The summed E-state index contributed by atoms with van der Waals surface area (Å²) in [7, 11) is 0. The molecule has 2 rings (SSSR count). The fraction of sp³-hybridized carbons (Fsp3) is 0.111. The third-order valence-electron chi connectivity index (χ3n) is 1.71. The molecule has 15 heavy (non-hydrogen) atoms. The summed E-state index contributed by atoms with van der Waals surface area (Å²) >= 11 is 12.1. The van der Waals surface area contributed by atoms with Crippen LogP contribution in [0.2, 0.25) is 4.34 Å². The number of hydrogen-bond acceptors (Lipinski definition) is 4. The third kappa shape index (κ3) is 2.30. The number of halogens is 2. The highest BCUT2D eigenvalue weighted by Crippen LogP contribution is 2.39. The van der Waals surface area contributed by atoms with Crippen LogP contribution in [0.3, 0.4) is 0 Å². The van der Waals surface area contributed by atoms with Crippen LogP contribution >= 0.6 is 50.2 Å². The molecule has 0 spiro atoms. The molecule has 78 valence electrons. The lowest BCUT2D eigenvalue weighted by Crippen LogP contribution is -1.83. The zero-order chi connectivity index (χ0) is 11.0. The van der Waals surface area contributed by atoms with Crippen LogP contribution in [-0.4, -0.2) is 10.8 Å². The predicted octanol–water partition coefficient (Wildman–Crippen LogP) is 4.49. The Hall–Kier alpha value is -0.230. The van der Waals surface area contributed by atoms with E-state index in [0.29, 0.717) is 9.21 Å². The van der Waals surface area contributed by atoms with Gasteiger partial charge in [0.1, 0.15) is 9.34 Å². The van der Waals surface area contributed by atoms with Gasteiger partial charge in [-0.3, -0.25) is 4.79 Å². The van der Waals surface area contributed by atoms with Crippen LogP contribution in [-0.2, 0) is 0 Å². The lowest BCUT2D eigenvalue weighted by molar-refractivity contribution is 0.102. The van der Waals surface area contributed by atoms with E-state index < -0.39 is 0 Å². The van der Waals surface area contributed by atoms with E-state index >= 15 is 0 Å². The summed E-state index contributed by atoms with van der Waals surface area (Å²) in [4.78, 5) is 16.9. The van der Waals surface area contributed by atoms with E-state index in [0.717, 1.165) is 14.4 Å². The Bertz CT molecular complexity index is 500. The zero-order valence-electron chi connectivity index (χ0n) is 7.58. The van der Waals surface area contributed by atoms with E-state index in [9.17, 15) is 4.79 Å². The average Bonchev–Trinajstić information content (AvgIpc) is 2.74. The van der Waals surface area contributed by atoms with Gasteiger partial charge in [0.25, 0.3) is 0 Å². The van der Waals surface area contributed by atoms with E-state index in [-0.39, 0.29) is 5.78 Å². The quantitative estimate of drug-likeness (QED) is 0.763. The lowest BCUT2D eigenvalue weighted by Gasteiger charge is -1.85. The van der Waals surface area contributed by atoms with Gasteiger partial charge in [0.05, 0.1) is 9.75 Å². The van der Waals surface area contributed by atoms with Gasteiger partial charge >= 0.3 is 0 Å². The normalized spacial score (nSPS) is 10.6. The molecular weight excluding hydrogens is 318 g/mol. The molecule has 0 fully saturated rings. The Kier molecular flexibility index (Phi) is 3.25. The largest absolute Gasteiger partial charge is 0.294 e. The van der Waals surface area contributed by atoms with Crippen LogP contribution in [0.15, 0.2) is 16.7 Å². The van der Waals surface area contributed by atoms with Crippen molar-refractivity contribution in [2.75, 3.05) is 0 Å². The summed E-state index contributed by atoms with van der Waals surface area (Å²) in [5, 5.41) is 0.831. The molecule has 0 aromatic carbocycles. The van der Waals surface area contributed by atoms with Crippen molar-refractivity contribution in [2.24, 2.45) is 0 Å². The van der Waals surface area contributed by atoms with Gasteiger partial charge in [0, 0.05) is 17.6 Å². The fourth-order valence-corrected chi connectivity index (χ4v) is 3.57. The van der Waals surface area contributed by atoms with Gasteiger partial charge in [0.15, 0.2) is 5.78 Å². The number of Topliss-reactive ketones (excluding diaryl/α,β-unsaturated/α-hetero) is 1. The van der Waals surface area contributed by atoms with Crippen LogP contribution in [0.5, 0.6) is 0 Å². The maximum atomic E-state index is 11.1. The first-order valence-electron chi connectivity index (χ1n) is 4.00. The summed E-state index contributed by atoms with van der Waals surface area (Å²) in [6.07, 6.45) is 1.60. The van der Waals surface area contributed by atoms with Crippen molar-refractivity contribution in [3.63, 3.8) is 0 Å². The molecule has 0 radical (unpaired) electrons. The van der Waals surface area contributed by atoms with E-state index in [4.69, 9.17) is 11.6 Å². The first-order valence-corrected chi connectivity index (χ1v) is 6.80. The number of hydrogen-bond donors (Lipinski definition) is 0. The van der Waals surface area contributed by atoms with Gasteiger partial charge in [-0.05, 0) is 22.0 Å². The smallest absolute Gasteiger partial charge is 0.171 e. The van der Waals surface area contributed by atoms with E-state index in [1.165, 1.54) is 29.6 Å². The van der Waals surface area contributed by atoms with Crippen molar-refractivity contribution in [3.05, 3.63) is 25.9 Å². The molecule has 0 aliphatic carbocycles. The lowest BCUT2D eigenvalue weighted by atomic mass is 10.4. The van der Waals surface area contributed by atoms with Gasteiger partial charge < -0.3 is 0 Å². The van der Waals surface area contributed by atoms with E-state index in [1.807, 2.05) is 6.07 Å². The van der Waals surface area contributed by atoms with Gasteiger partial charge in [-0.15, -0.1) is 22.7 Å². The van der Waals surface area contributed by atoms with E-state index in [2.05, 4.69) is 20.9 Å². The topological polar surface area (TPSA) is 30.0 Å². The van der Waals surface area contributed by atoms with E-state index in [1.54, 1.807) is 6.20 Å². The van der Waals surface area contributed by atoms with Gasteiger partial charge in [-0.25, -0.2) is 4.98 Å². The monoisotopic (exact) mass is 321 g/mol.